The Kier molecular flexibility index (Phi) is 5.97. The van der Waals surface area contributed by atoms with Crippen molar-refractivity contribution in [2.24, 2.45) is 7.05 Å². The summed E-state index contributed by atoms with van der Waals surface area (Å²) in [4.78, 5) is 29.0. The molecule has 0 atom stereocenters. The van der Waals surface area contributed by atoms with E-state index in [9.17, 15) is 14.0 Å². The highest BCUT2D eigenvalue weighted by molar-refractivity contribution is 6.32. The van der Waals surface area contributed by atoms with Crippen molar-refractivity contribution in [2.75, 3.05) is 18.6 Å². The molecule has 0 unspecified atom stereocenters. The smallest absolute Gasteiger partial charge is 0.296 e. The van der Waals surface area contributed by atoms with Gasteiger partial charge in [-0.1, -0.05) is 41.9 Å². The van der Waals surface area contributed by atoms with Gasteiger partial charge in [0.05, 0.1) is 23.5 Å². The number of hydrogen-bond donors (Lipinski definition) is 0. The number of nitrogens with zero attached hydrogens (tertiary/aromatic N) is 4. The maximum Gasteiger partial charge on any atom is 0.296 e. The Hall–Kier alpha value is -4.17. The van der Waals surface area contributed by atoms with Crippen molar-refractivity contribution in [3.8, 4) is 11.4 Å². The number of methoxy groups -OCH3 is 1. The van der Waals surface area contributed by atoms with Crippen molar-refractivity contribution in [2.45, 2.75) is 6.92 Å². The van der Waals surface area contributed by atoms with Gasteiger partial charge in [-0.25, -0.2) is 4.39 Å². The third-order valence-electron chi connectivity index (χ3n) is 6.23. The largest absolute Gasteiger partial charge is 0.495 e. The number of halogens is 2. The third-order valence-corrected chi connectivity index (χ3v) is 6.52. The standard InChI is InChI=1S/C27H22ClFN4O3/c1-4-32(21-12-8-6-10-19(21)29)26(34)24-23-17-9-5-7-11-20(17)31(2)25(23)27(35)33(30-24)16-13-14-22(36-3)18(28)15-16/h5-15H,4H2,1-3H3. The van der Waals surface area contributed by atoms with Crippen LogP contribution in [-0.4, -0.2) is 33.9 Å². The first-order valence-corrected chi connectivity index (χ1v) is 11.7. The number of anilines is 1. The van der Waals surface area contributed by atoms with E-state index in [4.69, 9.17) is 16.3 Å². The Morgan fingerprint density at radius 2 is 1.83 bits per heavy atom. The molecule has 0 radical (unpaired) electrons. The fourth-order valence-electron chi connectivity index (χ4n) is 4.51. The fourth-order valence-corrected chi connectivity index (χ4v) is 4.76. The maximum atomic E-state index is 14.7. The van der Waals surface area contributed by atoms with Crippen LogP contribution in [0.2, 0.25) is 5.02 Å². The molecule has 2 aromatic heterocycles. The summed E-state index contributed by atoms with van der Waals surface area (Å²) in [6, 6.07) is 18.3. The molecule has 5 rings (SSSR count). The summed E-state index contributed by atoms with van der Waals surface area (Å²) >= 11 is 6.33. The molecule has 36 heavy (non-hydrogen) atoms. The number of rotatable bonds is 5. The summed E-state index contributed by atoms with van der Waals surface area (Å²) in [7, 11) is 3.26. The third kappa shape index (κ3) is 3.61. The lowest BCUT2D eigenvalue weighted by atomic mass is 10.1. The van der Waals surface area contributed by atoms with E-state index >= 15 is 0 Å². The van der Waals surface area contributed by atoms with Gasteiger partial charge in [-0.05, 0) is 43.3 Å². The van der Waals surface area contributed by atoms with E-state index < -0.39 is 17.3 Å². The van der Waals surface area contributed by atoms with Crippen LogP contribution in [0.25, 0.3) is 27.5 Å². The van der Waals surface area contributed by atoms with Crippen LogP contribution in [0.1, 0.15) is 17.4 Å². The Bertz CT molecular complexity index is 1710. The van der Waals surface area contributed by atoms with Crippen LogP contribution in [0.4, 0.5) is 10.1 Å². The molecule has 0 aliphatic carbocycles. The van der Waals surface area contributed by atoms with Gasteiger partial charge < -0.3 is 14.2 Å². The molecule has 3 aromatic carbocycles. The molecular formula is C27H22ClFN4O3. The zero-order valence-electron chi connectivity index (χ0n) is 19.8. The van der Waals surface area contributed by atoms with E-state index in [-0.39, 0.29) is 22.9 Å². The highest BCUT2D eigenvalue weighted by Crippen LogP contribution is 2.31. The number of hydrogen-bond acceptors (Lipinski definition) is 4. The van der Waals surface area contributed by atoms with Crippen molar-refractivity contribution in [1.82, 2.24) is 14.3 Å². The quantitative estimate of drug-likeness (QED) is 0.324. The summed E-state index contributed by atoms with van der Waals surface area (Å²) < 4.78 is 22.8. The second kappa shape index (κ2) is 9.13. The monoisotopic (exact) mass is 504 g/mol. The SMILES string of the molecule is CCN(C(=O)c1nn(-c2ccc(OC)c(Cl)c2)c(=O)c2c1c1ccccc1n2C)c1ccccc1F. The molecule has 5 aromatic rings. The van der Waals surface area contributed by atoms with E-state index in [1.165, 1.54) is 24.1 Å². The van der Waals surface area contributed by atoms with Crippen molar-refractivity contribution in [3.05, 3.63) is 93.6 Å². The van der Waals surface area contributed by atoms with Crippen LogP contribution in [0.3, 0.4) is 0 Å². The van der Waals surface area contributed by atoms with E-state index in [1.54, 1.807) is 48.9 Å². The molecule has 7 nitrogen and oxygen atoms in total. The highest BCUT2D eigenvalue weighted by Gasteiger charge is 2.28. The molecule has 0 spiro atoms. The lowest BCUT2D eigenvalue weighted by Crippen LogP contribution is -2.35. The lowest BCUT2D eigenvalue weighted by molar-refractivity contribution is 0.0983. The number of aromatic nitrogens is 3. The number of aryl methyl sites for hydroxylation is 1. The highest BCUT2D eigenvalue weighted by atomic mass is 35.5. The van der Waals surface area contributed by atoms with Gasteiger partial charge in [0, 0.05) is 29.9 Å². The molecule has 0 fully saturated rings. The van der Waals surface area contributed by atoms with Crippen LogP contribution in [0.15, 0.2) is 71.5 Å². The van der Waals surface area contributed by atoms with Gasteiger partial charge in [-0.3, -0.25) is 9.59 Å². The van der Waals surface area contributed by atoms with Crippen LogP contribution in [0.5, 0.6) is 5.75 Å². The molecule has 182 valence electrons. The Labute approximate surface area is 210 Å². The Morgan fingerprint density at radius 3 is 2.53 bits per heavy atom. The molecule has 0 aliphatic heterocycles. The van der Waals surface area contributed by atoms with E-state index in [0.29, 0.717) is 27.7 Å². The number of fused-ring (bicyclic) bond motifs is 3. The second-order valence-electron chi connectivity index (χ2n) is 8.19. The minimum Gasteiger partial charge on any atom is -0.495 e. The second-order valence-corrected chi connectivity index (χ2v) is 8.59. The molecule has 0 N–H and O–H groups in total. The predicted molar refractivity (Wildman–Crippen MR) is 139 cm³/mol. The first kappa shape index (κ1) is 23.6. The number of amides is 1. The van der Waals surface area contributed by atoms with Crippen LogP contribution < -0.4 is 15.2 Å². The predicted octanol–water partition coefficient (Wildman–Crippen LogP) is 5.35. The van der Waals surface area contributed by atoms with Crippen molar-refractivity contribution < 1.29 is 13.9 Å². The van der Waals surface area contributed by atoms with Crippen LogP contribution in [-0.2, 0) is 7.05 Å². The average Bonchev–Trinajstić information content (AvgIpc) is 3.19. The molecule has 0 saturated carbocycles. The fraction of sp³-hybridized carbons (Fsp3) is 0.148. The maximum absolute atomic E-state index is 14.7. The summed E-state index contributed by atoms with van der Waals surface area (Å²) in [5, 5.41) is 5.93. The Morgan fingerprint density at radius 1 is 1.11 bits per heavy atom. The summed E-state index contributed by atoms with van der Waals surface area (Å²) in [5.74, 6) is -0.624. The minimum atomic E-state index is -0.530. The summed E-state index contributed by atoms with van der Waals surface area (Å²) in [5.41, 5.74) is 1.16. The number of carbonyl (C=O) groups excluding carboxylic acids is 1. The van der Waals surface area contributed by atoms with Crippen molar-refractivity contribution in [3.63, 3.8) is 0 Å². The summed E-state index contributed by atoms with van der Waals surface area (Å²) in [6.45, 7) is 1.95. The number of benzene rings is 3. The van der Waals surface area contributed by atoms with Gasteiger partial charge in [-0.2, -0.15) is 9.78 Å². The molecule has 2 heterocycles. The van der Waals surface area contributed by atoms with E-state index in [2.05, 4.69) is 5.10 Å². The van der Waals surface area contributed by atoms with Crippen LogP contribution >= 0.6 is 11.6 Å². The van der Waals surface area contributed by atoms with Gasteiger partial charge in [0.2, 0.25) is 0 Å². The Balaban J connectivity index is 1.85. The van der Waals surface area contributed by atoms with E-state index in [0.717, 1.165) is 10.2 Å². The first-order chi connectivity index (χ1) is 17.4. The first-order valence-electron chi connectivity index (χ1n) is 11.3. The number of para-hydroxylation sites is 2. The molecule has 0 aliphatic rings. The zero-order valence-corrected chi connectivity index (χ0v) is 20.6. The van der Waals surface area contributed by atoms with Gasteiger partial charge in [0.25, 0.3) is 11.5 Å². The number of carbonyl (C=O) groups is 1. The average molecular weight is 505 g/mol. The molecule has 0 bridgehead atoms. The molecule has 9 heteroatoms. The van der Waals surface area contributed by atoms with Crippen LogP contribution in [0, 0.1) is 5.82 Å². The minimum absolute atomic E-state index is 0.0263. The van der Waals surface area contributed by atoms with Crippen molar-refractivity contribution >= 4 is 45.0 Å². The lowest BCUT2D eigenvalue weighted by Gasteiger charge is -2.22. The topological polar surface area (TPSA) is 69.4 Å². The van der Waals surface area contributed by atoms with E-state index in [1.807, 2.05) is 24.3 Å². The molecular weight excluding hydrogens is 483 g/mol. The van der Waals surface area contributed by atoms with Gasteiger partial charge in [0.15, 0.2) is 5.69 Å². The summed E-state index contributed by atoms with van der Waals surface area (Å²) in [6.07, 6.45) is 0. The zero-order chi connectivity index (χ0) is 25.6. The van der Waals surface area contributed by atoms with Gasteiger partial charge in [0.1, 0.15) is 17.1 Å². The number of ether oxygens (including phenoxy) is 1. The molecule has 1 amide bonds. The van der Waals surface area contributed by atoms with Gasteiger partial charge in [-0.15, -0.1) is 0 Å². The van der Waals surface area contributed by atoms with Crippen molar-refractivity contribution in [1.29, 1.82) is 0 Å². The molecule has 0 saturated heterocycles. The normalized spacial score (nSPS) is 11.2. The van der Waals surface area contributed by atoms with Gasteiger partial charge >= 0.3 is 0 Å².